The van der Waals surface area contributed by atoms with Crippen molar-refractivity contribution in [2.24, 2.45) is 5.92 Å². The third kappa shape index (κ3) is 6.87. The van der Waals surface area contributed by atoms with Crippen LogP contribution in [0, 0.1) is 19.8 Å². The first-order valence-corrected chi connectivity index (χ1v) is 11.1. The average molecular weight is 490 g/mol. The maximum Gasteiger partial charge on any atom is 0.303 e. The van der Waals surface area contributed by atoms with Crippen LogP contribution in [0.5, 0.6) is 0 Å². The normalized spacial score (nSPS) is 13.5. The maximum atomic E-state index is 13.3. The van der Waals surface area contributed by atoms with Crippen molar-refractivity contribution < 1.29 is 33.4 Å². The first-order chi connectivity index (χ1) is 16.3. The van der Waals surface area contributed by atoms with Gasteiger partial charge in [-0.25, -0.2) is 4.98 Å². The largest absolute Gasteiger partial charge is 0.462 e. The molecule has 0 bridgehead atoms. The van der Waals surface area contributed by atoms with Crippen LogP contribution in [0.15, 0.2) is 16.9 Å². The van der Waals surface area contributed by atoms with Crippen molar-refractivity contribution >= 4 is 34.8 Å². The molecular formula is C24H31N3O8. The standard InChI is InChI=1S/C24H31N3O8/c1-12-8-18-19(9-13(12)2)27(24(32)22(26-18)23(31)25-7)10-20(34-16(5)29)14(3)21(35-17(6)30)11-33-15(4)28/h8-9,14,20-21H,10-11H2,1-7H3,(H,25,31)/t14-,20-,21+/m0/s1. The molecule has 11 nitrogen and oxygen atoms in total. The van der Waals surface area contributed by atoms with Crippen molar-refractivity contribution in [3.8, 4) is 0 Å². The maximum absolute atomic E-state index is 13.3. The minimum atomic E-state index is -0.977. The molecule has 0 aliphatic heterocycles. The number of nitrogens with one attached hydrogen (secondary N) is 1. The highest BCUT2D eigenvalue weighted by molar-refractivity contribution is 5.93. The van der Waals surface area contributed by atoms with Gasteiger partial charge in [0.1, 0.15) is 18.8 Å². The summed E-state index contributed by atoms with van der Waals surface area (Å²) < 4.78 is 17.2. The monoisotopic (exact) mass is 489 g/mol. The fourth-order valence-corrected chi connectivity index (χ4v) is 3.59. The summed E-state index contributed by atoms with van der Waals surface area (Å²) in [6.07, 6.45) is -1.93. The number of nitrogens with zero attached hydrogens (tertiary/aromatic N) is 2. The Bertz CT molecular complexity index is 1200. The third-order valence-corrected chi connectivity index (χ3v) is 5.62. The molecule has 35 heavy (non-hydrogen) atoms. The zero-order valence-electron chi connectivity index (χ0n) is 21.0. The van der Waals surface area contributed by atoms with E-state index >= 15 is 0 Å². The Balaban J connectivity index is 2.65. The van der Waals surface area contributed by atoms with Gasteiger partial charge in [0.15, 0.2) is 5.69 Å². The molecule has 1 N–H and O–H groups in total. The van der Waals surface area contributed by atoms with Crippen molar-refractivity contribution in [1.29, 1.82) is 0 Å². The van der Waals surface area contributed by atoms with Crippen LogP contribution >= 0.6 is 0 Å². The number of aromatic nitrogens is 2. The van der Waals surface area contributed by atoms with Crippen LogP contribution in [-0.4, -0.2) is 59.2 Å². The Hall–Kier alpha value is -3.76. The molecule has 11 heteroatoms. The molecule has 0 aliphatic rings. The van der Waals surface area contributed by atoms with E-state index in [1.54, 1.807) is 19.1 Å². The first-order valence-electron chi connectivity index (χ1n) is 11.1. The van der Waals surface area contributed by atoms with E-state index in [9.17, 15) is 24.0 Å². The lowest BCUT2D eigenvalue weighted by Gasteiger charge is -2.30. The van der Waals surface area contributed by atoms with Crippen molar-refractivity contribution in [1.82, 2.24) is 14.9 Å². The molecule has 1 heterocycles. The second kappa shape index (κ2) is 11.6. The van der Waals surface area contributed by atoms with E-state index in [1.807, 2.05) is 13.8 Å². The summed E-state index contributed by atoms with van der Waals surface area (Å²) in [4.78, 5) is 64.9. The molecule has 2 rings (SSSR count). The number of ether oxygens (including phenoxy) is 3. The van der Waals surface area contributed by atoms with Crippen molar-refractivity contribution in [3.05, 3.63) is 39.3 Å². The fraction of sp³-hybridized carbons (Fsp3) is 0.500. The van der Waals surface area contributed by atoms with E-state index in [0.717, 1.165) is 11.1 Å². The van der Waals surface area contributed by atoms with Crippen LogP contribution in [0.25, 0.3) is 11.0 Å². The number of hydrogen-bond donors (Lipinski definition) is 1. The third-order valence-electron chi connectivity index (χ3n) is 5.62. The summed E-state index contributed by atoms with van der Waals surface area (Å²) in [6.45, 7) is 8.61. The van der Waals surface area contributed by atoms with Crippen LogP contribution in [0.1, 0.15) is 49.3 Å². The van der Waals surface area contributed by atoms with E-state index in [2.05, 4.69) is 10.3 Å². The summed E-state index contributed by atoms with van der Waals surface area (Å²) in [6, 6.07) is 3.53. The predicted octanol–water partition coefficient (Wildman–Crippen LogP) is 1.44. The zero-order chi connectivity index (χ0) is 26.4. The summed E-state index contributed by atoms with van der Waals surface area (Å²) in [7, 11) is 1.39. The quantitative estimate of drug-likeness (QED) is 0.409. The van der Waals surface area contributed by atoms with Crippen molar-refractivity contribution in [2.45, 2.75) is 60.3 Å². The number of rotatable bonds is 9. The number of carbonyl (C=O) groups excluding carboxylic acids is 4. The Morgan fingerprint density at radius 3 is 2.09 bits per heavy atom. The molecule has 190 valence electrons. The van der Waals surface area contributed by atoms with E-state index in [4.69, 9.17) is 14.2 Å². The van der Waals surface area contributed by atoms with Gasteiger partial charge >= 0.3 is 17.9 Å². The lowest BCUT2D eigenvalue weighted by Crippen LogP contribution is -2.43. The Morgan fingerprint density at radius 1 is 0.971 bits per heavy atom. The van der Waals surface area contributed by atoms with Gasteiger partial charge in [0.25, 0.3) is 11.5 Å². The molecule has 0 unspecified atom stereocenters. The smallest absolute Gasteiger partial charge is 0.303 e. The van der Waals surface area contributed by atoms with E-state index in [1.165, 1.54) is 32.4 Å². The molecule has 1 aromatic heterocycles. The molecule has 1 aromatic carbocycles. The van der Waals surface area contributed by atoms with E-state index in [0.29, 0.717) is 11.0 Å². The van der Waals surface area contributed by atoms with Gasteiger partial charge in [0, 0.05) is 33.7 Å². The van der Waals surface area contributed by atoms with Crippen molar-refractivity contribution in [3.63, 3.8) is 0 Å². The van der Waals surface area contributed by atoms with Gasteiger partial charge in [-0.2, -0.15) is 0 Å². The molecule has 2 aromatic rings. The van der Waals surface area contributed by atoms with Crippen molar-refractivity contribution in [2.75, 3.05) is 13.7 Å². The minimum Gasteiger partial charge on any atom is -0.462 e. The summed E-state index contributed by atoms with van der Waals surface area (Å²) in [5.74, 6) is -3.16. The lowest BCUT2D eigenvalue weighted by molar-refractivity contribution is -0.167. The highest BCUT2D eigenvalue weighted by Crippen LogP contribution is 2.22. The molecule has 0 fully saturated rings. The molecule has 0 saturated heterocycles. The van der Waals surface area contributed by atoms with Gasteiger partial charge in [-0.15, -0.1) is 0 Å². The average Bonchev–Trinajstić information content (AvgIpc) is 2.77. The van der Waals surface area contributed by atoms with Crippen LogP contribution in [0.3, 0.4) is 0 Å². The zero-order valence-corrected chi connectivity index (χ0v) is 21.0. The molecule has 3 atom stereocenters. The van der Waals surface area contributed by atoms with E-state index < -0.39 is 47.5 Å². The number of esters is 3. The van der Waals surface area contributed by atoms with Crippen LogP contribution < -0.4 is 10.9 Å². The Kier molecular flexibility index (Phi) is 9.10. The number of amides is 1. The number of aryl methyl sites for hydroxylation is 2. The number of fused-ring (bicyclic) bond motifs is 1. The summed E-state index contributed by atoms with van der Waals surface area (Å²) in [5, 5.41) is 2.41. The molecule has 0 aliphatic carbocycles. The fourth-order valence-electron chi connectivity index (χ4n) is 3.59. The highest BCUT2D eigenvalue weighted by atomic mass is 16.6. The topological polar surface area (TPSA) is 143 Å². The van der Waals surface area contributed by atoms with Gasteiger partial charge < -0.3 is 24.1 Å². The second-order valence-corrected chi connectivity index (χ2v) is 8.34. The lowest BCUT2D eigenvalue weighted by atomic mass is 9.97. The summed E-state index contributed by atoms with van der Waals surface area (Å²) >= 11 is 0. The highest BCUT2D eigenvalue weighted by Gasteiger charge is 2.33. The summed E-state index contributed by atoms with van der Waals surface area (Å²) in [5.41, 5.74) is 1.68. The number of carbonyl (C=O) groups is 4. The molecule has 1 amide bonds. The SMILES string of the molecule is CNC(=O)c1nc2cc(C)c(C)cc2n(C[C@H](OC(C)=O)[C@H](C)[C@@H](COC(C)=O)OC(C)=O)c1=O. The van der Waals surface area contributed by atoms with Crippen LogP contribution in [0.4, 0.5) is 0 Å². The van der Waals surface area contributed by atoms with Crippen LogP contribution in [-0.2, 0) is 35.1 Å². The van der Waals surface area contributed by atoms with Gasteiger partial charge in [-0.05, 0) is 37.1 Å². The molecule has 0 saturated carbocycles. The number of hydrogen-bond acceptors (Lipinski definition) is 9. The minimum absolute atomic E-state index is 0.164. The molecular weight excluding hydrogens is 458 g/mol. The molecule has 0 radical (unpaired) electrons. The first kappa shape index (κ1) is 27.5. The Labute approximate surface area is 202 Å². The van der Waals surface area contributed by atoms with Gasteiger partial charge in [-0.1, -0.05) is 6.92 Å². The van der Waals surface area contributed by atoms with Crippen LogP contribution in [0.2, 0.25) is 0 Å². The van der Waals surface area contributed by atoms with Gasteiger partial charge in [0.05, 0.1) is 17.6 Å². The van der Waals surface area contributed by atoms with Gasteiger partial charge in [0.2, 0.25) is 0 Å². The second-order valence-electron chi connectivity index (χ2n) is 8.34. The Morgan fingerprint density at radius 2 is 1.54 bits per heavy atom. The number of benzene rings is 1. The predicted molar refractivity (Wildman–Crippen MR) is 126 cm³/mol. The molecule has 0 spiro atoms. The van der Waals surface area contributed by atoms with E-state index in [-0.39, 0.29) is 18.8 Å². The van der Waals surface area contributed by atoms with Gasteiger partial charge in [-0.3, -0.25) is 24.0 Å².